The minimum absolute atomic E-state index is 0.0386. The van der Waals surface area contributed by atoms with Crippen LogP contribution in [0.15, 0.2) is 75.4 Å². The summed E-state index contributed by atoms with van der Waals surface area (Å²) in [6, 6.07) is 16.4. The van der Waals surface area contributed by atoms with E-state index in [1.165, 1.54) is 22.4 Å². The van der Waals surface area contributed by atoms with Gasteiger partial charge in [-0.2, -0.15) is 10.1 Å². The van der Waals surface area contributed by atoms with Gasteiger partial charge in [-0.15, -0.1) is 0 Å². The van der Waals surface area contributed by atoms with Crippen LogP contribution in [0.3, 0.4) is 0 Å². The molecule has 0 fully saturated rings. The SMILES string of the molecule is Cn1c(=O)[nH]c(=O)c2c1nc(N/N=C/C=C\c1ccccc1)n2C[C@@H](O)COc1ccc(Cl)cc1. The molecule has 0 aliphatic carbocycles. The molecule has 0 radical (unpaired) electrons. The highest BCUT2D eigenvalue weighted by molar-refractivity contribution is 6.30. The molecular formula is C24H23ClN6O4. The Morgan fingerprint density at radius 2 is 1.94 bits per heavy atom. The smallest absolute Gasteiger partial charge is 0.329 e. The number of nitrogens with one attached hydrogen (secondary N) is 2. The molecule has 4 aromatic rings. The molecule has 0 bridgehead atoms. The first kappa shape index (κ1) is 24.0. The Kier molecular flexibility index (Phi) is 7.44. The number of nitrogens with zero attached hydrogens (tertiary/aromatic N) is 4. The highest BCUT2D eigenvalue weighted by Gasteiger charge is 2.19. The maximum atomic E-state index is 12.6. The van der Waals surface area contributed by atoms with Crippen LogP contribution in [0.4, 0.5) is 5.95 Å². The molecule has 35 heavy (non-hydrogen) atoms. The molecule has 3 N–H and O–H groups in total. The lowest BCUT2D eigenvalue weighted by Gasteiger charge is -2.15. The normalized spacial score (nSPS) is 12.5. The molecule has 2 aromatic carbocycles. The third-order valence-corrected chi connectivity index (χ3v) is 5.32. The molecular weight excluding hydrogens is 472 g/mol. The van der Waals surface area contributed by atoms with Crippen molar-refractivity contribution in [1.82, 2.24) is 19.1 Å². The molecule has 0 amide bonds. The fraction of sp³-hybridized carbons (Fsp3) is 0.167. The third-order valence-electron chi connectivity index (χ3n) is 5.07. The van der Waals surface area contributed by atoms with E-state index in [2.05, 4.69) is 20.5 Å². The van der Waals surface area contributed by atoms with Gasteiger partial charge in [-0.25, -0.2) is 10.2 Å². The summed E-state index contributed by atoms with van der Waals surface area (Å²) >= 11 is 5.88. The molecule has 1 atom stereocenters. The van der Waals surface area contributed by atoms with E-state index in [-0.39, 0.29) is 30.3 Å². The number of aryl methyl sites for hydroxylation is 1. The van der Waals surface area contributed by atoms with Crippen molar-refractivity contribution >= 4 is 41.0 Å². The Morgan fingerprint density at radius 3 is 2.69 bits per heavy atom. The summed E-state index contributed by atoms with van der Waals surface area (Å²) in [5.41, 5.74) is 2.85. The number of imidazole rings is 1. The predicted octanol–water partition coefficient (Wildman–Crippen LogP) is 2.63. The highest BCUT2D eigenvalue weighted by atomic mass is 35.5. The highest BCUT2D eigenvalue weighted by Crippen LogP contribution is 2.18. The van der Waals surface area contributed by atoms with Gasteiger partial charge in [0, 0.05) is 18.3 Å². The second-order valence-corrected chi connectivity index (χ2v) is 8.05. The van der Waals surface area contributed by atoms with Crippen LogP contribution >= 0.6 is 11.6 Å². The number of halogens is 1. The van der Waals surface area contributed by atoms with E-state index < -0.39 is 17.4 Å². The minimum atomic E-state index is -0.998. The number of ether oxygens (including phenoxy) is 1. The van der Waals surface area contributed by atoms with Crippen molar-refractivity contribution in [2.75, 3.05) is 12.0 Å². The number of hydrogen-bond donors (Lipinski definition) is 3. The van der Waals surface area contributed by atoms with Crippen LogP contribution < -0.4 is 21.4 Å². The van der Waals surface area contributed by atoms with Crippen molar-refractivity contribution in [1.29, 1.82) is 0 Å². The number of anilines is 1. The number of hydrazone groups is 1. The lowest BCUT2D eigenvalue weighted by Crippen LogP contribution is -2.30. The van der Waals surface area contributed by atoms with Gasteiger partial charge in [0.2, 0.25) is 5.95 Å². The number of fused-ring (bicyclic) bond motifs is 1. The van der Waals surface area contributed by atoms with Gasteiger partial charge in [0.15, 0.2) is 11.2 Å². The zero-order valence-electron chi connectivity index (χ0n) is 18.8. The Balaban J connectivity index is 1.55. The lowest BCUT2D eigenvalue weighted by molar-refractivity contribution is 0.0938. The molecule has 0 spiro atoms. The van der Waals surface area contributed by atoms with Gasteiger partial charge in [-0.1, -0.05) is 48.0 Å². The number of aromatic nitrogens is 4. The van der Waals surface area contributed by atoms with Gasteiger partial charge in [-0.05, 0) is 35.9 Å². The van der Waals surface area contributed by atoms with E-state index in [0.717, 1.165) is 5.56 Å². The Labute approximate surface area is 204 Å². The van der Waals surface area contributed by atoms with E-state index in [0.29, 0.717) is 10.8 Å². The molecule has 2 heterocycles. The van der Waals surface area contributed by atoms with Crippen molar-refractivity contribution < 1.29 is 9.84 Å². The number of benzene rings is 2. The summed E-state index contributed by atoms with van der Waals surface area (Å²) in [4.78, 5) is 31.2. The number of aliphatic hydroxyl groups is 1. The summed E-state index contributed by atoms with van der Waals surface area (Å²) in [5, 5.41) is 15.3. The standard InChI is InChI=1S/C24H23ClN6O4/c1-30-21-20(22(33)28-24(30)34)31(14-18(32)15-35-19-11-9-17(25)10-12-19)23(27-21)29-26-13-5-8-16-6-3-2-4-7-16/h2-13,18,32H,14-15H2,1H3,(H,27,29)(H,28,33,34)/b8-5-,26-13+/t18-/m1/s1. The first-order chi connectivity index (χ1) is 16.9. The number of hydrogen-bond acceptors (Lipinski definition) is 7. The molecule has 11 heteroatoms. The summed E-state index contributed by atoms with van der Waals surface area (Å²) in [5.74, 6) is 0.721. The topological polar surface area (TPSA) is 127 Å². The third kappa shape index (κ3) is 5.86. The second kappa shape index (κ2) is 10.9. The number of rotatable bonds is 9. The molecule has 4 rings (SSSR count). The fourth-order valence-electron chi connectivity index (χ4n) is 3.34. The predicted molar refractivity (Wildman–Crippen MR) is 136 cm³/mol. The van der Waals surface area contributed by atoms with Crippen molar-refractivity contribution in [2.45, 2.75) is 12.6 Å². The molecule has 0 saturated heterocycles. The largest absolute Gasteiger partial charge is 0.491 e. The lowest BCUT2D eigenvalue weighted by atomic mass is 10.2. The van der Waals surface area contributed by atoms with Crippen molar-refractivity contribution in [3.63, 3.8) is 0 Å². The molecule has 0 aliphatic heterocycles. The van der Waals surface area contributed by atoms with E-state index in [4.69, 9.17) is 16.3 Å². The number of aliphatic hydroxyl groups excluding tert-OH is 1. The summed E-state index contributed by atoms with van der Waals surface area (Å²) in [7, 11) is 1.49. The van der Waals surface area contributed by atoms with Crippen LogP contribution in [0.5, 0.6) is 5.75 Å². The van der Waals surface area contributed by atoms with E-state index in [9.17, 15) is 14.7 Å². The zero-order chi connectivity index (χ0) is 24.8. The van der Waals surface area contributed by atoms with Crippen molar-refractivity contribution in [3.8, 4) is 5.75 Å². The van der Waals surface area contributed by atoms with Crippen LogP contribution in [0.2, 0.25) is 5.02 Å². The monoisotopic (exact) mass is 494 g/mol. The first-order valence-corrected chi connectivity index (χ1v) is 11.1. The Hall–Kier alpha value is -4.15. The van der Waals surface area contributed by atoms with Crippen LogP contribution in [-0.2, 0) is 13.6 Å². The van der Waals surface area contributed by atoms with Gasteiger partial charge in [-0.3, -0.25) is 14.3 Å². The second-order valence-electron chi connectivity index (χ2n) is 7.62. The van der Waals surface area contributed by atoms with Gasteiger partial charge >= 0.3 is 5.69 Å². The average Bonchev–Trinajstić information content (AvgIpc) is 3.21. The maximum Gasteiger partial charge on any atom is 0.329 e. The van der Waals surface area contributed by atoms with E-state index in [1.807, 2.05) is 36.4 Å². The molecule has 0 aliphatic rings. The van der Waals surface area contributed by atoms with Crippen molar-refractivity contribution in [3.05, 3.63) is 92.1 Å². The number of allylic oxidation sites excluding steroid dienone is 1. The van der Waals surface area contributed by atoms with E-state index >= 15 is 0 Å². The molecule has 10 nitrogen and oxygen atoms in total. The van der Waals surface area contributed by atoms with Crippen LogP contribution in [0.25, 0.3) is 17.2 Å². The number of H-pyrrole nitrogens is 1. The maximum absolute atomic E-state index is 12.6. The Morgan fingerprint density at radius 1 is 1.20 bits per heavy atom. The van der Waals surface area contributed by atoms with Crippen LogP contribution in [-0.4, -0.2) is 43.1 Å². The van der Waals surface area contributed by atoms with Gasteiger partial charge in [0.1, 0.15) is 18.5 Å². The number of aromatic amines is 1. The quantitative estimate of drug-likeness (QED) is 0.242. The Bertz CT molecular complexity index is 1470. The van der Waals surface area contributed by atoms with Gasteiger partial charge < -0.3 is 14.4 Å². The van der Waals surface area contributed by atoms with Gasteiger partial charge in [0.05, 0.1) is 6.54 Å². The molecule has 2 aromatic heterocycles. The summed E-state index contributed by atoms with van der Waals surface area (Å²) in [6.45, 7) is -0.0867. The molecule has 180 valence electrons. The van der Waals surface area contributed by atoms with E-state index in [1.54, 1.807) is 30.3 Å². The molecule has 0 saturated carbocycles. The first-order valence-electron chi connectivity index (χ1n) is 10.7. The van der Waals surface area contributed by atoms with Gasteiger partial charge in [0.25, 0.3) is 5.56 Å². The zero-order valence-corrected chi connectivity index (χ0v) is 19.5. The molecule has 0 unspecified atom stereocenters. The summed E-state index contributed by atoms with van der Waals surface area (Å²) in [6.07, 6.45) is 4.15. The van der Waals surface area contributed by atoms with Crippen LogP contribution in [0.1, 0.15) is 5.56 Å². The van der Waals surface area contributed by atoms with Crippen molar-refractivity contribution in [2.24, 2.45) is 12.1 Å². The fourth-order valence-corrected chi connectivity index (χ4v) is 3.47. The summed E-state index contributed by atoms with van der Waals surface area (Å²) < 4.78 is 8.29. The minimum Gasteiger partial charge on any atom is -0.491 e. The average molecular weight is 495 g/mol. The van der Waals surface area contributed by atoms with Crippen LogP contribution in [0, 0.1) is 0 Å².